The predicted molar refractivity (Wildman–Crippen MR) is 55.4 cm³/mol. The molecule has 6 nitrogen and oxygen atoms in total. The number of pyridine rings is 1. The molecule has 1 fully saturated rings. The van der Waals surface area contributed by atoms with E-state index >= 15 is 0 Å². The van der Waals surface area contributed by atoms with Crippen molar-refractivity contribution in [3.8, 4) is 5.88 Å². The van der Waals surface area contributed by atoms with Crippen molar-refractivity contribution in [1.82, 2.24) is 4.98 Å². The summed E-state index contributed by atoms with van der Waals surface area (Å²) < 4.78 is 10.7. The van der Waals surface area contributed by atoms with Crippen LogP contribution in [0.1, 0.15) is 12.8 Å². The standard InChI is InChI=1S/C10H12N2O4/c13-12(14)9-4-1-5-11-10(9)16-8-3-2-6-15-7-8/h1,4-5,8H,2-3,6-7H2/t8-/m1/s1. The van der Waals surface area contributed by atoms with Crippen molar-refractivity contribution in [1.29, 1.82) is 0 Å². The van der Waals surface area contributed by atoms with Gasteiger partial charge in [-0.2, -0.15) is 0 Å². The number of ether oxygens (including phenoxy) is 2. The molecule has 0 radical (unpaired) electrons. The first-order chi connectivity index (χ1) is 7.77. The van der Waals surface area contributed by atoms with Crippen LogP contribution in [-0.4, -0.2) is 29.2 Å². The van der Waals surface area contributed by atoms with E-state index in [9.17, 15) is 10.1 Å². The molecule has 0 saturated carbocycles. The summed E-state index contributed by atoms with van der Waals surface area (Å²) in [6, 6.07) is 2.90. The lowest BCUT2D eigenvalue weighted by molar-refractivity contribution is -0.386. The molecule has 86 valence electrons. The molecule has 2 heterocycles. The highest BCUT2D eigenvalue weighted by Crippen LogP contribution is 2.25. The van der Waals surface area contributed by atoms with E-state index in [-0.39, 0.29) is 17.7 Å². The maximum absolute atomic E-state index is 10.7. The zero-order valence-electron chi connectivity index (χ0n) is 8.67. The largest absolute Gasteiger partial charge is 0.467 e. The average molecular weight is 224 g/mol. The Bertz CT molecular complexity index is 377. The van der Waals surface area contributed by atoms with Crippen LogP contribution >= 0.6 is 0 Å². The number of aromatic nitrogens is 1. The Morgan fingerprint density at radius 2 is 2.50 bits per heavy atom. The fraction of sp³-hybridized carbons (Fsp3) is 0.500. The summed E-state index contributed by atoms with van der Waals surface area (Å²) in [5, 5.41) is 10.7. The summed E-state index contributed by atoms with van der Waals surface area (Å²) in [4.78, 5) is 14.1. The van der Waals surface area contributed by atoms with Crippen LogP contribution < -0.4 is 4.74 Å². The smallest absolute Gasteiger partial charge is 0.330 e. The van der Waals surface area contributed by atoms with Gasteiger partial charge in [0.15, 0.2) is 0 Å². The molecule has 0 bridgehead atoms. The lowest BCUT2D eigenvalue weighted by Crippen LogP contribution is -2.28. The minimum atomic E-state index is -0.494. The van der Waals surface area contributed by atoms with Crippen molar-refractivity contribution in [2.75, 3.05) is 13.2 Å². The zero-order valence-corrected chi connectivity index (χ0v) is 8.67. The molecule has 0 spiro atoms. The summed E-state index contributed by atoms with van der Waals surface area (Å²) in [5.41, 5.74) is -0.104. The number of nitrogens with zero attached hydrogens (tertiary/aromatic N) is 2. The molecule has 0 N–H and O–H groups in total. The summed E-state index contributed by atoms with van der Waals surface area (Å²) in [6.45, 7) is 1.19. The highest BCUT2D eigenvalue weighted by Gasteiger charge is 2.21. The van der Waals surface area contributed by atoms with Gasteiger partial charge in [-0.25, -0.2) is 4.98 Å². The van der Waals surface area contributed by atoms with Crippen LogP contribution in [0.25, 0.3) is 0 Å². The van der Waals surface area contributed by atoms with Gasteiger partial charge >= 0.3 is 5.69 Å². The van der Waals surface area contributed by atoms with Gasteiger partial charge in [-0.3, -0.25) is 10.1 Å². The van der Waals surface area contributed by atoms with E-state index in [1.807, 2.05) is 0 Å². The molecular weight excluding hydrogens is 212 g/mol. The molecule has 1 saturated heterocycles. The first-order valence-corrected chi connectivity index (χ1v) is 5.11. The molecule has 0 aliphatic carbocycles. The van der Waals surface area contributed by atoms with Gasteiger partial charge in [0.05, 0.1) is 11.5 Å². The van der Waals surface area contributed by atoms with Crippen molar-refractivity contribution < 1.29 is 14.4 Å². The van der Waals surface area contributed by atoms with Gasteiger partial charge in [-0.15, -0.1) is 0 Å². The molecule has 1 aromatic heterocycles. The van der Waals surface area contributed by atoms with E-state index in [1.165, 1.54) is 18.3 Å². The Kier molecular flexibility index (Phi) is 3.31. The van der Waals surface area contributed by atoms with Crippen LogP contribution in [0.15, 0.2) is 18.3 Å². The number of hydrogen-bond acceptors (Lipinski definition) is 5. The summed E-state index contributed by atoms with van der Waals surface area (Å²) >= 11 is 0. The lowest BCUT2D eigenvalue weighted by Gasteiger charge is -2.22. The quantitative estimate of drug-likeness (QED) is 0.575. The highest BCUT2D eigenvalue weighted by atomic mass is 16.6. The summed E-state index contributed by atoms with van der Waals surface area (Å²) in [5.74, 6) is 0.0722. The van der Waals surface area contributed by atoms with Crippen LogP contribution in [-0.2, 0) is 4.74 Å². The SMILES string of the molecule is O=[N+]([O-])c1cccnc1O[C@@H]1CCCOC1. The van der Waals surface area contributed by atoms with Crippen molar-refractivity contribution >= 4 is 5.69 Å². The van der Waals surface area contributed by atoms with Gasteiger partial charge < -0.3 is 9.47 Å². The van der Waals surface area contributed by atoms with Crippen molar-refractivity contribution in [2.45, 2.75) is 18.9 Å². The molecule has 0 unspecified atom stereocenters. The maximum atomic E-state index is 10.7. The van der Waals surface area contributed by atoms with E-state index < -0.39 is 4.92 Å². The third-order valence-corrected chi connectivity index (χ3v) is 2.34. The van der Waals surface area contributed by atoms with E-state index in [1.54, 1.807) is 0 Å². The van der Waals surface area contributed by atoms with Gasteiger partial charge in [-0.05, 0) is 18.9 Å². The topological polar surface area (TPSA) is 74.5 Å². The molecule has 1 aliphatic rings. The van der Waals surface area contributed by atoms with Crippen LogP contribution in [0.2, 0.25) is 0 Å². The van der Waals surface area contributed by atoms with E-state index in [2.05, 4.69) is 4.98 Å². The zero-order chi connectivity index (χ0) is 11.4. The van der Waals surface area contributed by atoms with Crippen LogP contribution in [0.5, 0.6) is 5.88 Å². The van der Waals surface area contributed by atoms with Crippen LogP contribution in [0, 0.1) is 10.1 Å². The van der Waals surface area contributed by atoms with Crippen molar-refractivity contribution in [2.24, 2.45) is 0 Å². The monoisotopic (exact) mass is 224 g/mol. The molecule has 0 amide bonds. The van der Waals surface area contributed by atoms with Crippen molar-refractivity contribution in [3.05, 3.63) is 28.4 Å². The molecule has 6 heteroatoms. The predicted octanol–water partition coefficient (Wildman–Crippen LogP) is 1.55. The number of hydrogen-bond donors (Lipinski definition) is 0. The maximum Gasteiger partial charge on any atom is 0.330 e. The molecule has 16 heavy (non-hydrogen) atoms. The Balaban J connectivity index is 2.10. The Labute approximate surface area is 92.3 Å². The fourth-order valence-electron chi connectivity index (χ4n) is 1.57. The van der Waals surface area contributed by atoms with E-state index in [4.69, 9.17) is 9.47 Å². The second kappa shape index (κ2) is 4.89. The normalized spacial score (nSPS) is 20.4. The Morgan fingerprint density at radius 1 is 1.62 bits per heavy atom. The van der Waals surface area contributed by atoms with Crippen LogP contribution in [0.3, 0.4) is 0 Å². The first-order valence-electron chi connectivity index (χ1n) is 5.11. The minimum Gasteiger partial charge on any atom is -0.467 e. The number of rotatable bonds is 3. The van der Waals surface area contributed by atoms with Gasteiger partial charge in [-0.1, -0.05) is 0 Å². The molecule has 1 atom stereocenters. The van der Waals surface area contributed by atoms with E-state index in [0.29, 0.717) is 6.61 Å². The first kappa shape index (κ1) is 10.8. The van der Waals surface area contributed by atoms with Gasteiger partial charge in [0.25, 0.3) is 5.88 Å². The van der Waals surface area contributed by atoms with Gasteiger partial charge in [0.2, 0.25) is 0 Å². The summed E-state index contributed by atoms with van der Waals surface area (Å²) in [7, 11) is 0. The van der Waals surface area contributed by atoms with Crippen molar-refractivity contribution in [3.63, 3.8) is 0 Å². The van der Waals surface area contributed by atoms with Gasteiger partial charge in [0, 0.05) is 18.9 Å². The number of nitro groups is 1. The molecule has 1 aliphatic heterocycles. The van der Waals surface area contributed by atoms with E-state index in [0.717, 1.165) is 19.4 Å². The van der Waals surface area contributed by atoms with Crippen LogP contribution in [0.4, 0.5) is 5.69 Å². The Morgan fingerprint density at radius 3 is 3.19 bits per heavy atom. The summed E-state index contributed by atoms with van der Waals surface area (Å²) in [6.07, 6.45) is 3.09. The highest BCUT2D eigenvalue weighted by molar-refractivity contribution is 5.39. The average Bonchev–Trinajstić information content (AvgIpc) is 2.31. The molecular formula is C10H12N2O4. The molecule has 0 aromatic carbocycles. The molecule has 1 aromatic rings. The second-order valence-corrected chi connectivity index (χ2v) is 3.54. The Hall–Kier alpha value is -1.69. The lowest BCUT2D eigenvalue weighted by atomic mass is 10.2. The third-order valence-electron chi connectivity index (χ3n) is 2.34. The third kappa shape index (κ3) is 2.46. The van der Waals surface area contributed by atoms with Gasteiger partial charge in [0.1, 0.15) is 6.10 Å². The second-order valence-electron chi connectivity index (χ2n) is 3.54. The fourth-order valence-corrected chi connectivity index (χ4v) is 1.57. The molecule has 2 rings (SSSR count). The minimum absolute atomic E-state index is 0.0722.